The van der Waals surface area contributed by atoms with Crippen molar-refractivity contribution >= 4 is 5.91 Å². The number of pyridine rings is 1. The fourth-order valence-electron chi connectivity index (χ4n) is 3.73. The summed E-state index contributed by atoms with van der Waals surface area (Å²) < 4.78 is 0. The number of carbonyl (C=O) groups is 1. The van der Waals surface area contributed by atoms with Gasteiger partial charge >= 0.3 is 0 Å². The minimum atomic E-state index is 0.132. The lowest BCUT2D eigenvalue weighted by Gasteiger charge is -2.33. The van der Waals surface area contributed by atoms with Gasteiger partial charge in [0.2, 0.25) is 0 Å². The van der Waals surface area contributed by atoms with E-state index in [1.54, 1.807) is 24.5 Å². The van der Waals surface area contributed by atoms with E-state index in [4.69, 9.17) is 0 Å². The molecular formula is C19H21N3O. The summed E-state index contributed by atoms with van der Waals surface area (Å²) in [6, 6.07) is 12.8. The van der Waals surface area contributed by atoms with Gasteiger partial charge in [-0.3, -0.25) is 14.7 Å². The smallest absolute Gasteiger partial charge is 0.254 e. The maximum absolute atomic E-state index is 12.6. The van der Waals surface area contributed by atoms with E-state index in [0.29, 0.717) is 6.04 Å². The minimum absolute atomic E-state index is 0.132. The highest BCUT2D eigenvalue weighted by atomic mass is 16.2. The van der Waals surface area contributed by atoms with Crippen LogP contribution in [-0.2, 0) is 13.0 Å². The van der Waals surface area contributed by atoms with Crippen LogP contribution in [-0.4, -0.2) is 46.4 Å². The van der Waals surface area contributed by atoms with E-state index < -0.39 is 0 Å². The zero-order chi connectivity index (χ0) is 15.6. The van der Waals surface area contributed by atoms with Crippen LogP contribution in [0.4, 0.5) is 0 Å². The van der Waals surface area contributed by atoms with Crippen molar-refractivity contribution in [1.29, 1.82) is 0 Å². The van der Waals surface area contributed by atoms with Gasteiger partial charge in [0.05, 0.1) is 0 Å². The SMILES string of the molecule is O=C(c1ccncc1)N1CC[C@H](N2CCc3ccccc3C2)C1. The molecule has 4 rings (SSSR count). The van der Waals surface area contributed by atoms with Crippen LogP contribution in [0.2, 0.25) is 0 Å². The van der Waals surface area contributed by atoms with Crippen LogP contribution >= 0.6 is 0 Å². The summed E-state index contributed by atoms with van der Waals surface area (Å²) in [4.78, 5) is 21.1. The Morgan fingerprint density at radius 2 is 1.83 bits per heavy atom. The first kappa shape index (κ1) is 14.4. The number of hydrogen-bond donors (Lipinski definition) is 0. The fraction of sp³-hybridized carbons (Fsp3) is 0.368. The molecule has 2 aliphatic rings. The molecular weight excluding hydrogens is 286 g/mol. The van der Waals surface area contributed by atoms with Crippen LogP contribution in [0.3, 0.4) is 0 Å². The first-order valence-electron chi connectivity index (χ1n) is 8.31. The number of benzene rings is 1. The molecule has 0 bridgehead atoms. The number of rotatable bonds is 2. The Bertz CT molecular complexity index is 701. The number of amides is 1. The van der Waals surface area contributed by atoms with Gasteiger partial charge in [0.15, 0.2) is 0 Å². The number of hydrogen-bond acceptors (Lipinski definition) is 3. The summed E-state index contributed by atoms with van der Waals surface area (Å²) in [5, 5.41) is 0. The lowest BCUT2D eigenvalue weighted by atomic mass is 9.98. The monoisotopic (exact) mass is 307 g/mol. The molecule has 4 heteroatoms. The molecule has 1 amide bonds. The van der Waals surface area contributed by atoms with E-state index >= 15 is 0 Å². The molecule has 0 N–H and O–H groups in total. The van der Waals surface area contributed by atoms with Crippen molar-refractivity contribution in [3.05, 3.63) is 65.5 Å². The molecule has 1 fully saturated rings. The molecule has 118 valence electrons. The average molecular weight is 307 g/mol. The van der Waals surface area contributed by atoms with Crippen LogP contribution in [0.25, 0.3) is 0 Å². The van der Waals surface area contributed by atoms with Gasteiger partial charge in [0, 0.05) is 50.2 Å². The van der Waals surface area contributed by atoms with Crippen LogP contribution in [0.15, 0.2) is 48.8 Å². The first-order valence-corrected chi connectivity index (χ1v) is 8.31. The van der Waals surface area contributed by atoms with Crippen LogP contribution in [0, 0.1) is 0 Å². The Morgan fingerprint density at radius 1 is 1.04 bits per heavy atom. The van der Waals surface area contributed by atoms with E-state index in [1.165, 1.54) is 11.1 Å². The molecule has 0 spiro atoms. The van der Waals surface area contributed by atoms with Crippen LogP contribution in [0.5, 0.6) is 0 Å². The van der Waals surface area contributed by atoms with Gasteiger partial charge in [0.25, 0.3) is 5.91 Å². The number of nitrogens with zero attached hydrogens (tertiary/aromatic N) is 3. The van der Waals surface area contributed by atoms with Gasteiger partial charge in [0.1, 0.15) is 0 Å². The third-order valence-electron chi connectivity index (χ3n) is 5.05. The van der Waals surface area contributed by atoms with Crippen molar-refractivity contribution in [3.8, 4) is 0 Å². The Kier molecular flexibility index (Phi) is 3.83. The molecule has 2 aliphatic heterocycles. The quantitative estimate of drug-likeness (QED) is 0.854. The highest BCUT2D eigenvalue weighted by molar-refractivity contribution is 5.94. The van der Waals surface area contributed by atoms with Crippen molar-refractivity contribution in [2.45, 2.75) is 25.4 Å². The highest BCUT2D eigenvalue weighted by Gasteiger charge is 2.32. The van der Waals surface area contributed by atoms with Gasteiger partial charge in [-0.15, -0.1) is 0 Å². The molecule has 0 radical (unpaired) electrons. The third-order valence-corrected chi connectivity index (χ3v) is 5.05. The van der Waals surface area contributed by atoms with Crippen molar-refractivity contribution in [2.75, 3.05) is 19.6 Å². The minimum Gasteiger partial charge on any atom is -0.337 e. The molecule has 1 saturated heterocycles. The average Bonchev–Trinajstić information content (AvgIpc) is 3.11. The summed E-state index contributed by atoms with van der Waals surface area (Å²) >= 11 is 0. The van der Waals surface area contributed by atoms with Crippen LogP contribution in [0.1, 0.15) is 27.9 Å². The number of carbonyl (C=O) groups excluding carboxylic acids is 1. The molecule has 1 aromatic carbocycles. The normalized spacial score (nSPS) is 21.2. The molecule has 0 unspecified atom stereocenters. The molecule has 0 aliphatic carbocycles. The van der Waals surface area contributed by atoms with E-state index in [9.17, 15) is 4.79 Å². The second kappa shape index (κ2) is 6.13. The largest absolute Gasteiger partial charge is 0.337 e. The Morgan fingerprint density at radius 3 is 2.65 bits per heavy atom. The van der Waals surface area contributed by atoms with Crippen molar-refractivity contribution < 1.29 is 4.79 Å². The van der Waals surface area contributed by atoms with Gasteiger partial charge in [-0.25, -0.2) is 0 Å². The maximum atomic E-state index is 12.6. The molecule has 4 nitrogen and oxygen atoms in total. The molecule has 1 aromatic heterocycles. The first-order chi connectivity index (χ1) is 11.3. The van der Waals surface area contributed by atoms with Gasteiger partial charge in [-0.05, 0) is 36.1 Å². The fourth-order valence-corrected chi connectivity index (χ4v) is 3.73. The second-order valence-corrected chi connectivity index (χ2v) is 6.42. The van der Waals surface area contributed by atoms with E-state index in [-0.39, 0.29) is 5.91 Å². The lowest BCUT2D eigenvalue weighted by Crippen LogP contribution is -2.41. The number of fused-ring (bicyclic) bond motifs is 1. The maximum Gasteiger partial charge on any atom is 0.254 e. The van der Waals surface area contributed by atoms with E-state index in [2.05, 4.69) is 34.1 Å². The predicted octanol–water partition coefficient (Wildman–Crippen LogP) is 2.35. The van der Waals surface area contributed by atoms with Gasteiger partial charge in [-0.2, -0.15) is 0 Å². The summed E-state index contributed by atoms with van der Waals surface area (Å²) in [5.41, 5.74) is 3.66. The van der Waals surface area contributed by atoms with Gasteiger partial charge < -0.3 is 4.90 Å². The third kappa shape index (κ3) is 2.86. The van der Waals surface area contributed by atoms with Gasteiger partial charge in [-0.1, -0.05) is 24.3 Å². The van der Waals surface area contributed by atoms with E-state index in [0.717, 1.165) is 44.6 Å². The summed E-state index contributed by atoms with van der Waals surface area (Å²) in [6.45, 7) is 3.80. The Hall–Kier alpha value is -2.20. The summed E-state index contributed by atoms with van der Waals surface area (Å²) in [5.74, 6) is 0.132. The molecule has 3 heterocycles. The summed E-state index contributed by atoms with van der Waals surface area (Å²) in [7, 11) is 0. The molecule has 1 atom stereocenters. The number of aromatic nitrogens is 1. The van der Waals surface area contributed by atoms with Crippen molar-refractivity contribution in [2.24, 2.45) is 0 Å². The van der Waals surface area contributed by atoms with Crippen LogP contribution < -0.4 is 0 Å². The lowest BCUT2D eigenvalue weighted by molar-refractivity contribution is 0.0773. The second-order valence-electron chi connectivity index (χ2n) is 6.42. The molecule has 0 saturated carbocycles. The van der Waals surface area contributed by atoms with Crippen molar-refractivity contribution in [1.82, 2.24) is 14.8 Å². The molecule has 23 heavy (non-hydrogen) atoms. The van der Waals surface area contributed by atoms with Crippen molar-refractivity contribution in [3.63, 3.8) is 0 Å². The van der Waals surface area contributed by atoms with E-state index in [1.807, 2.05) is 4.90 Å². The topological polar surface area (TPSA) is 36.4 Å². The zero-order valence-corrected chi connectivity index (χ0v) is 13.2. The Balaban J connectivity index is 1.42. The standard InChI is InChI=1S/C19H21N3O/c23-19(16-5-9-20-10-6-16)22-12-8-18(14-22)21-11-7-15-3-1-2-4-17(15)13-21/h1-6,9-10,18H,7-8,11-14H2/t18-/m0/s1. The number of likely N-dealkylation sites (tertiary alicyclic amines) is 1. The Labute approximate surface area is 136 Å². The zero-order valence-electron chi connectivity index (χ0n) is 13.2. The summed E-state index contributed by atoms with van der Waals surface area (Å²) in [6.07, 6.45) is 5.55. The highest BCUT2D eigenvalue weighted by Crippen LogP contribution is 2.25. The predicted molar refractivity (Wildman–Crippen MR) is 89.1 cm³/mol. The molecule has 2 aromatic rings.